The van der Waals surface area contributed by atoms with E-state index in [4.69, 9.17) is 9.72 Å². The highest BCUT2D eigenvalue weighted by Gasteiger charge is 2.18. The number of fused-ring (bicyclic) bond motifs is 6. The summed E-state index contributed by atoms with van der Waals surface area (Å²) in [5, 5.41) is 3.58. The maximum Gasteiger partial charge on any atom is 0.188 e. The Morgan fingerprint density at radius 1 is 1.19 bits per heavy atom. The molecule has 21 heavy (non-hydrogen) atoms. The van der Waals surface area contributed by atoms with Crippen LogP contribution in [0.15, 0.2) is 36.5 Å². The first-order valence-electron chi connectivity index (χ1n) is 6.82. The number of Topliss-reactive ketones (excluding diaryl/α,β-unsaturated/α-hetero) is 1. The number of hydrogen-bond acceptors (Lipinski definition) is 3. The largest absolute Gasteiger partial charge is 0.489 e. The summed E-state index contributed by atoms with van der Waals surface area (Å²) >= 11 is 0. The normalized spacial score (nSPS) is 14.8. The molecule has 4 heteroatoms. The molecule has 2 aliphatic rings. The molecule has 1 aliphatic heterocycles. The summed E-state index contributed by atoms with van der Waals surface area (Å²) < 4.78 is 7.53. The molecule has 5 rings (SSSR count). The molecule has 100 valence electrons. The number of aromatic nitrogens is 2. The van der Waals surface area contributed by atoms with Crippen LogP contribution in [0, 0.1) is 10.6 Å². The summed E-state index contributed by atoms with van der Waals surface area (Å²) in [5.74, 6) is 0.845. The van der Waals surface area contributed by atoms with E-state index in [-0.39, 0.29) is 5.78 Å². The van der Waals surface area contributed by atoms with E-state index >= 15 is 0 Å². The number of imidazole rings is 1. The van der Waals surface area contributed by atoms with Crippen LogP contribution in [0.1, 0.15) is 10.4 Å². The molecule has 3 heterocycles. The maximum atomic E-state index is 12.4. The molecule has 0 spiro atoms. The molecule has 3 aromatic rings. The van der Waals surface area contributed by atoms with E-state index in [0.29, 0.717) is 12.2 Å². The number of ether oxygens (including phenoxy) is 1. The molecular formula is C17H10N2O2. The van der Waals surface area contributed by atoms with Gasteiger partial charge in [0.05, 0.1) is 10.7 Å². The molecule has 0 unspecified atom stereocenters. The molecular weight excluding hydrogens is 264 g/mol. The average molecular weight is 274 g/mol. The van der Waals surface area contributed by atoms with Crippen LogP contribution in [0.25, 0.3) is 17.8 Å². The fraction of sp³-hybridized carbons (Fsp3) is 0.0588. The zero-order valence-corrected chi connectivity index (χ0v) is 11.0. The van der Waals surface area contributed by atoms with Crippen molar-refractivity contribution in [3.8, 4) is 5.75 Å². The Balaban J connectivity index is 2.22. The second-order valence-corrected chi connectivity index (χ2v) is 5.20. The van der Waals surface area contributed by atoms with E-state index in [0.717, 1.165) is 32.5 Å². The highest BCUT2D eigenvalue weighted by molar-refractivity contribution is 6.18. The molecule has 0 radical (unpaired) electrons. The lowest BCUT2D eigenvalue weighted by Crippen LogP contribution is -2.21. The predicted molar refractivity (Wildman–Crippen MR) is 77.3 cm³/mol. The Labute approximate surface area is 118 Å². The van der Waals surface area contributed by atoms with E-state index < -0.39 is 0 Å². The van der Waals surface area contributed by atoms with Crippen molar-refractivity contribution in [3.63, 3.8) is 0 Å². The summed E-state index contributed by atoms with van der Waals surface area (Å²) in [5.41, 5.74) is 1.54. The third-order valence-electron chi connectivity index (χ3n) is 4.07. The van der Waals surface area contributed by atoms with Gasteiger partial charge in [-0.3, -0.25) is 9.20 Å². The van der Waals surface area contributed by atoms with E-state index in [1.54, 1.807) is 6.08 Å². The Hall–Kier alpha value is -2.88. The van der Waals surface area contributed by atoms with Gasteiger partial charge in [-0.15, -0.1) is 0 Å². The van der Waals surface area contributed by atoms with Crippen molar-refractivity contribution in [3.05, 3.63) is 63.2 Å². The third kappa shape index (κ3) is 1.29. The lowest BCUT2D eigenvalue weighted by Gasteiger charge is -2.04. The summed E-state index contributed by atoms with van der Waals surface area (Å²) in [6.45, 7) is 0.548. The number of carbonyl (C=O) groups is 1. The van der Waals surface area contributed by atoms with E-state index in [1.807, 2.05) is 47.0 Å². The number of carbonyl (C=O) groups excluding carboxylic acids is 1. The smallest absolute Gasteiger partial charge is 0.188 e. The molecule has 0 fully saturated rings. The molecule has 0 N–H and O–H groups in total. The first-order chi connectivity index (χ1) is 10.3. The predicted octanol–water partition coefficient (Wildman–Crippen LogP) is 0.771. The SMILES string of the molecule is O=C1C=c2c(nc3ccccn23)=c2c1ccc1c2=CCO1. The van der Waals surface area contributed by atoms with Gasteiger partial charge in [0.1, 0.15) is 18.0 Å². The molecule has 1 aromatic carbocycles. The molecule has 0 bridgehead atoms. The minimum absolute atomic E-state index is 0.0197. The van der Waals surface area contributed by atoms with Gasteiger partial charge in [0.2, 0.25) is 0 Å². The molecule has 1 aliphatic carbocycles. The van der Waals surface area contributed by atoms with Gasteiger partial charge in [-0.2, -0.15) is 0 Å². The van der Waals surface area contributed by atoms with Gasteiger partial charge >= 0.3 is 0 Å². The van der Waals surface area contributed by atoms with Crippen LogP contribution in [-0.2, 0) is 0 Å². The summed E-state index contributed by atoms with van der Waals surface area (Å²) in [4.78, 5) is 17.1. The van der Waals surface area contributed by atoms with Gasteiger partial charge in [-0.05, 0) is 30.3 Å². The summed E-state index contributed by atoms with van der Waals surface area (Å²) in [6.07, 6.45) is 5.61. The van der Waals surface area contributed by atoms with Crippen molar-refractivity contribution in [1.29, 1.82) is 0 Å². The summed E-state index contributed by atoms with van der Waals surface area (Å²) in [6, 6.07) is 9.53. The minimum Gasteiger partial charge on any atom is -0.489 e. The highest BCUT2D eigenvalue weighted by Crippen LogP contribution is 2.15. The van der Waals surface area contributed by atoms with Crippen LogP contribution in [0.2, 0.25) is 0 Å². The number of pyridine rings is 1. The van der Waals surface area contributed by atoms with Crippen molar-refractivity contribution in [2.45, 2.75) is 0 Å². The number of hydrogen-bond donors (Lipinski definition) is 0. The Kier molecular flexibility index (Phi) is 1.86. The fourth-order valence-electron chi connectivity index (χ4n) is 3.14. The van der Waals surface area contributed by atoms with E-state index in [9.17, 15) is 4.79 Å². The van der Waals surface area contributed by atoms with Gasteiger partial charge < -0.3 is 4.74 Å². The van der Waals surface area contributed by atoms with Crippen LogP contribution in [0.5, 0.6) is 5.75 Å². The monoisotopic (exact) mass is 274 g/mol. The Morgan fingerprint density at radius 3 is 3.10 bits per heavy atom. The van der Waals surface area contributed by atoms with Gasteiger partial charge in [-0.25, -0.2) is 4.98 Å². The van der Waals surface area contributed by atoms with Crippen molar-refractivity contribution in [1.82, 2.24) is 9.38 Å². The number of benzene rings is 1. The first-order valence-corrected chi connectivity index (χ1v) is 6.82. The van der Waals surface area contributed by atoms with Gasteiger partial charge in [0.15, 0.2) is 5.78 Å². The second kappa shape index (κ2) is 3.61. The first kappa shape index (κ1) is 10.9. The molecule has 0 atom stereocenters. The zero-order chi connectivity index (χ0) is 14.0. The van der Waals surface area contributed by atoms with Crippen LogP contribution >= 0.6 is 0 Å². The zero-order valence-electron chi connectivity index (χ0n) is 11.0. The van der Waals surface area contributed by atoms with E-state index in [2.05, 4.69) is 0 Å². The highest BCUT2D eigenvalue weighted by atomic mass is 16.5. The standard InChI is InChI=1S/C17H10N2O2/c20-13-9-12-17(18-15-3-1-2-7-19(12)15)16-10(13)4-5-14-11(16)6-8-21-14/h1-7,9H,8H2. The van der Waals surface area contributed by atoms with Gasteiger partial charge in [0, 0.05) is 28.3 Å². The van der Waals surface area contributed by atoms with Crippen LogP contribution < -0.4 is 15.3 Å². The van der Waals surface area contributed by atoms with Crippen LogP contribution in [0.4, 0.5) is 0 Å². The lowest BCUT2D eigenvalue weighted by atomic mass is 10.0. The second-order valence-electron chi connectivity index (χ2n) is 5.20. The quantitative estimate of drug-likeness (QED) is 0.608. The van der Waals surface area contributed by atoms with Gasteiger partial charge in [-0.1, -0.05) is 6.07 Å². The number of ketones is 1. The van der Waals surface area contributed by atoms with Crippen LogP contribution in [0.3, 0.4) is 0 Å². The molecule has 0 saturated carbocycles. The number of rotatable bonds is 0. The topological polar surface area (TPSA) is 43.6 Å². The average Bonchev–Trinajstić information content (AvgIpc) is 3.11. The molecule has 0 amide bonds. The lowest BCUT2D eigenvalue weighted by molar-refractivity contribution is 0.106. The Bertz CT molecular complexity index is 1160. The molecule has 4 nitrogen and oxygen atoms in total. The third-order valence-corrected chi connectivity index (χ3v) is 4.07. The van der Waals surface area contributed by atoms with Crippen molar-refractivity contribution < 1.29 is 9.53 Å². The van der Waals surface area contributed by atoms with Crippen LogP contribution in [-0.4, -0.2) is 21.8 Å². The van der Waals surface area contributed by atoms with Crippen molar-refractivity contribution >= 4 is 23.6 Å². The summed E-state index contributed by atoms with van der Waals surface area (Å²) in [7, 11) is 0. The maximum absolute atomic E-state index is 12.4. The van der Waals surface area contributed by atoms with E-state index in [1.165, 1.54) is 0 Å². The van der Waals surface area contributed by atoms with Gasteiger partial charge in [0.25, 0.3) is 0 Å². The fourth-order valence-corrected chi connectivity index (χ4v) is 3.14. The minimum atomic E-state index is 0.0197. The number of nitrogens with zero attached hydrogens (tertiary/aromatic N) is 2. The molecule has 0 saturated heterocycles. The Morgan fingerprint density at radius 2 is 2.14 bits per heavy atom. The molecule has 2 aromatic heterocycles. The van der Waals surface area contributed by atoms with Crippen molar-refractivity contribution in [2.75, 3.05) is 6.61 Å². The van der Waals surface area contributed by atoms with Crippen molar-refractivity contribution in [2.24, 2.45) is 0 Å².